The van der Waals surface area contributed by atoms with Crippen molar-refractivity contribution in [2.24, 2.45) is 0 Å². The van der Waals surface area contributed by atoms with E-state index in [-0.39, 0.29) is 26.5 Å². The largest absolute Gasteiger partial charge is 0.339 e. The van der Waals surface area contributed by atoms with Crippen LogP contribution >= 0.6 is 23.2 Å². The second kappa shape index (κ2) is 11.5. The number of likely N-dealkylation sites (tertiary alicyclic amines) is 1. The second-order valence-electron chi connectivity index (χ2n) is 8.87. The summed E-state index contributed by atoms with van der Waals surface area (Å²) in [5.41, 5.74) is 1.63. The lowest BCUT2D eigenvalue weighted by atomic mass is 10.1. The van der Waals surface area contributed by atoms with Crippen molar-refractivity contribution in [3.63, 3.8) is 0 Å². The monoisotopic (exact) mass is 559 g/mol. The van der Waals surface area contributed by atoms with Gasteiger partial charge in [0.2, 0.25) is 5.91 Å². The number of anilines is 2. The number of hydrogen-bond acceptors (Lipinski definition) is 4. The predicted molar refractivity (Wildman–Crippen MR) is 147 cm³/mol. The van der Waals surface area contributed by atoms with E-state index in [1.165, 1.54) is 30.3 Å². The topological polar surface area (TPSA) is 86.8 Å². The van der Waals surface area contributed by atoms with Crippen molar-refractivity contribution in [3.8, 4) is 0 Å². The van der Waals surface area contributed by atoms with Crippen LogP contribution in [0.25, 0.3) is 0 Å². The molecule has 0 bridgehead atoms. The summed E-state index contributed by atoms with van der Waals surface area (Å²) in [4.78, 5) is 28.2. The Kier molecular flexibility index (Phi) is 8.42. The van der Waals surface area contributed by atoms with Crippen molar-refractivity contribution in [1.29, 1.82) is 0 Å². The Morgan fingerprint density at radius 2 is 1.62 bits per heavy atom. The third kappa shape index (κ3) is 6.26. The number of nitrogens with one attached hydrogen (secondary N) is 1. The molecule has 37 heavy (non-hydrogen) atoms. The van der Waals surface area contributed by atoms with Crippen LogP contribution in [0.15, 0.2) is 71.6 Å². The van der Waals surface area contributed by atoms with Gasteiger partial charge in [-0.25, -0.2) is 8.42 Å². The zero-order chi connectivity index (χ0) is 26.6. The molecule has 7 nitrogen and oxygen atoms in total. The number of para-hydroxylation sites is 1. The SMILES string of the molecule is Cc1ccc(S(=O)(=O)N(CC(=O)Nc2ccccc2C(=O)N2CCCCC2)c2cc(Cl)ccc2Cl)cc1. The van der Waals surface area contributed by atoms with Crippen LogP contribution in [-0.2, 0) is 14.8 Å². The summed E-state index contributed by atoms with van der Waals surface area (Å²) >= 11 is 12.5. The lowest BCUT2D eigenvalue weighted by molar-refractivity contribution is -0.114. The van der Waals surface area contributed by atoms with Crippen LogP contribution in [0.3, 0.4) is 0 Å². The first-order chi connectivity index (χ1) is 17.7. The molecule has 1 saturated heterocycles. The molecule has 1 fully saturated rings. The average Bonchev–Trinajstić information content (AvgIpc) is 2.89. The summed E-state index contributed by atoms with van der Waals surface area (Å²) < 4.78 is 28.2. The lowest BCUT2D eigenvalue weighted by Gasteiger charge is -2.28. The number of nitrogens with zero attached hydrogens (tertiary/aromatic N) is 2. The van der Waals surface area contributed by atoms with Gasteiger partial charge in [-0.1, -0.05) is 53.0 Å². The van der Waals surface area contributed by atoms with E-state index in [9.17, 15) is 18.0 Å². The zero-order valence-electron chi connectivity index (χ0n) is 20.3. The van der Waals surface area contributed by atoms with Gasteiger partial charge in [0, 0.05) is 18.1 Å². The van der Waals surface area contributed by atoms with Crippen LogP contribution in [0, 0.1) is 6.92 Å². The summed E-state index contributed by atoms with van der Waals surface area (Å²) in [6.45, 7) is 2.59. The highest BCUT2D eigenvalue weighted by molar-refractivity contribution is 7.92. The van der Waals surface area contributed by atoms with Crippen molar-refractivity contribution in [2.45, 2.75) is 31.1 Å². The van der Waals surface area contributed by atoms with Crippen molar-refractivity contribution < 1.29 is 18.0 Å². The second-order valence-corrected chi connectivity index (χ2v) is 11.6. The summed E-state index contributed by atoms with van der Waals surface area (Å²) in [5, 5.41) is 3.11. The highest BCUT2D eigenvalue weighted by Crippen LogP contribution is 2.33. The van der Waals surface area contributed by atoms with Crippen LogP contribution in [0.4, 0.5) is 11.4 Å². The number of piperidine rings is 1. The number of carbonyl (C=O) groups excluding carboxylic acids is 2. The molecular formula is C27H27Cl2N3O4S. The highest BCUT2D eigenvalue weighted by Gasteiger charge is 2.30. The maximum absolute atomic E-state index is 13.7. The molecule has 10 heteroatoms. The highest BCUT2D eigenvalue weighted by atomic mass is 35.5. The van der Waals surface area contributed by atoms with E-state index in [2.05, 4.69) is 5.32 Å². The predicted octanol–water partition coefficient (Wildman–Crippen LogP) is 5.76. The number of amides is 2. The van der Waals surface area contributed by atoms with Crippen LogP contribution in [-0.4, -0.2) is 44.8 Å². The van der Waals surface area contributed by atoms with Gasteiger partial charge in [-0.2, -0.15) is 0 Å². The number of benzene rings is 3. The van der Waals surface area contributed by atoms with E-state index >= 15 is 0 Å². The van der Waals surface area contributed by atoms with Crippen molar-refractivity contribution >= 4 is 56.4 Å². The fourth-order valence-electron chi connectivity index (χ4n) is 4.18. The third-order valence-corrected chi connectivity index (χ3v) is 8.48. The summed E-state index contributed by atoms with van der Waals surface area (Å²) in [7, 11) is -4.19. The molecule has 1 heterocycles. The number of sulfonamides is 1. The van der Waals surface area contributed by atoms with Gasteiger partial charge in [0.15, 0.2) is 0 Å². The minimum absolute atomic E-state index is 0.00242. The molecule has 1 aliphatic rings. The molecule has 0 aliphatic carbocycles. The molecule has 2 amide bonds. The first-order valence-electron chi connectivity index (χ1n) is 11.9. The molecular weight excluding hydrogens is 533 g/mol. The number of carbonyl (C=O) groups is 2. The first-order valence-corrected chi connectivity index (χ1v) is 14.1. The fourth-order valence-corrected chi connectivity index (χ4v) is 6.05. The van der Waals surface area contributed by atoms with E-state index in [0.29, 0.717) is 24.3 Å². The number of rotatable bonds is 7. The van der Waals surface area contributed by atoms with Gasteiger partial charge in [-0.15, -0.1) is 0 Å². The Morgan fingerprint density at radius 3 is 2.32 bits per heavy atom. The minimum Gasteiger partial charge on any atom is -0.339 e. The number of hydrogen-bond donors (Lipinski definition) is 1. The normalized spacial score (nSPS) is 13.8. The zero-order valence-corrected chi connectivity index (χ0v) is 22.6. The molecule has 3 aromatic carbocycles. The van der Waals surface area contributed by atoms with Crippen molar-refractivity contribution in [2.75, 3.05) is 29.3 Å². The van der Waals surface area contributed by atoms with Crippen LogP contribution in [0.1, 0.15) is 35.2 Å². The number of halogens is 2. The van der Waals surface area contributed by atoms with E-state index < -0.39 is 22.5 Å². The Hall–Kier alpha value is -3.07. The van der Waals surface area contributed by atoms with Gasteiger partial charge in [0.25, 0.3) is 15.9 Å². The Labute approximate surface area is 227 Å². The molecule has 0 aromatic heterocycles. The van der Waals surface area contributed by atoms with Gasteiger partial charge in [-0.3, -0.25) is 13.9 Å². The molecule has 1 N–H and O–H groups in total. The smallest absolute Gasteiger partial charge is 0.264 e. The van der Waals surface area contributed by atoms with E-state index in [4.69, 9.17) is 23.2 Å². The molecule has 3 aromatic rings. The summed E-state index contributed by atoms with van der Waals surface area (Å²) in [6, 6.07) is 17.4. The van der Waals surface area contributed by atoms with E-state index in [1.54, 1.807) is 41.3 Å². The van der Waals surface area contributed by atoms with Gasteiger partial charge in [0.1, 0.15) is 6.54 Å². The van der Waals surface area contributed by atoms with Gasteiger partial charge in [-0.05, 0) is 68.7 Å². The van der Waals surface area contributed by atoms with Crippen LogP contribution < -0.4 is 9.62 Å². The van der Waals surface area contributed by atoms with Crippen molar-refractivity contribution in [3.05, 3.63) is 87.9 Å². The first kappa shape index (κ1) is 27.0. The Balaban J connectivity index is 1.65. The Bertz CT molecular complexity index is 1410. The molecule has 0 saturated carbocycles. The molecule has 0 unspecified atom stereocenters. The van der Waals surface area contributed by atoms with Gasteiger partial charge >= 0.3 is 0 Å². The molecule has 194 valence electrons. The van der Waals surface area contributed by atoms with Crippen molar-refractivity contribution in [1.82, 2.24) is 4.90 Å². The van der Waals surface area contributed by atoms with Crippen LogP contribution in [0.5, 0.6) is 0 Å². The standard InChI is InChI=1S/C27H27Cl2N3O4S/c1-19-9-12-21(13-10-19)37(35,36)32(25-17-20(28)11-14-23(25)29)18-26(33)30-24-8-4-3-7-22(24)27(34)31-15-5-2-6-16-31/h3-4,7-14,17H,2,5-6,15-16,18H2,1H3,(H,30,33). The summed E-state index contributed by atoms with van der Waals surface area (Å²) in [6.07, 6.45) is 2.96. The third-order valence-electron chi connectivity index (χ3n) is 6.15. The molecule has 1 aliphatic heterocycles. The summed E-state index contributed by atoms with van der Waals surface area (Å²) in [5.74, 6) is -0.803. The van der Waals surface area contributed by atoms with Crippen LogP contribution in [0.2, 0.25) is 10.0 Å². The van der Waals surface area contributed by atoms with Gasteiger partial charge < -0.3 is 10.2 Å². The van der Waals surface area contributed by atoms with Gasteiger partial charge in [0.05, 0.1) is 26.9 Å². The lowest BCUT2D eigenvalue weighted by Crippen LogP contribution is -2.39. The van der Waals surface area contributed by atoms with E-state index in [1.807, 2.05) is 6.92 Å². The molecule has 4 rings (SSSR count). The quantitative estimate of drug-likeness (QED) is 0.398. The maximum atomic E-state index is 13.7. The minimum atomic E-state index is -4.19. The average molecular weight is 561 g/mol. The molecule has 0 spiro atoms. The number of aryl methyl sites for hydroxylation is 1. The Morgan fingerprint density at radius 1 is 0.946 bits per heavy atom. The molecule has 0 radical (unpaired) electrons. The van der Waals surface area contributed by atoms with E-state index in [0.717, 1.165) is 29.1 Å². The fraction of sp³-hybridized carbons (Fsp3) is 0.259. The molecule has 0 atom stereocenters. The maximum Gasteiger partial charge on any atom is 0.264 e.